The van der Waals surface area contributed by atoms with Gasteiger partial charge in [0.25, 0.3) is 0 Å². The number of nitrogens with zero attached hydrogens (tertiary/aromatic N) is 1. The maximum atomic E-state index is 8.88. The summed E-state index contributed by atoms with van der Waals surface area (Å²) in [6.07, 6.45) is 0. The number of rotatable bonds is 0. The van der Waals surface area contributed by atoms with E-state index in [1.807, 2.05) is 0 Å². The fourth-order valence-corrected chi connectivity index (χ4v) is 0. The van der Waals surface area contributed by atoms with E-state index in [0.717, 1.165) is 0 Å². The molecule has 0 heterocycles. The van der Waals surface area contributed by atoms with E-state index in [0.29, 0.717) is 0 Å². The van der Waals surface area contributed by atoms with Crippen molar-refractivity contribution in [2.75, 3.05) is 0 Å². The van der Waals surface area contributed by atoms with E-state index < -0.39 is 15.6 Å². The van der Waals surface area contributed by atoms with Crippen molar-refractivity contribution >= 4 is 67.0 Å². The normalized spacial score (nSPS) is 9.00. The van der Waals surface area contributed by atoms with Gasteiger partial charge in [0, 0.05) is 6.92 Å². The standard InChI is InChI=1S/C2H3N.K.2H3O4P.H/c1-2-3;;2*1-5(2,3)4;/h1H3;;2*(H3,1,2,3,4);. The predicted octanol–water partition coefficient (Wildman–Crippen LogP) is -1.98. The van der Waals surface area contributed by atoms with E-state index >= 15 is 0 Å². The van der Waals surface area contributed by atoms with Crippen LogP contribution in [0, 0.1) is 11.3 Å². The molecule has 0 unspecified atom stereocenters. The van der Waals surface area contributed by atoms with Crippen LogP contribution in [0.4, 0.5) is 0 Å². The van der Waals surface area contributed by atoms with Gasteiger partial charge in [-0.25, -0.2) is 9.13 Å². The van der Waals surface area contributed by atoms with E-state index in [-0.39, 0.29) is 51.4 Å². The average Bonchev–Trinajstić information content (AvgIpc) is 1.52. The summed E-state index contributed by atoms with van der Waals surface area (Å²) in [5.74, 6) is 0. The summed E-state index contributed by atoms with van der Waals surface area (Å²) in [6, 6.07) is 1.75. The van der Waals surface area contributed by atoms with Gasteiger partial charge in [-0.3, -0.25) is 0 Å². The van der Waals surface area contributed by atoms with Crippen LogP contribution in [0.3, 0.4) is 0 Å². The first-order valence-corrected chi connectivity index (χ1v) is 5.42. The van der Waals surface area contributed by atoms with E-state index in [1.54, 1.807) is 6.07 Å². The van der Waals surface area contributed by atoms with Crippen LogP contribution >= 0.6 is 15.6 Å². The molecular weight excluding hydrogens is 267 g/mol. The monoisotopic (exact) mass is 277 g/mol. The first kappa shape index (κ1) is 24.5. The van der Waals surface area contributed by atoms with Crippen molar-refractivity contribution in [2.24, 2.45) is 0 Å². The Labute approximate surface area is 122 Å². The molecule has 0 saturated carbocycles. The minimum atomic E-state index is -4.64. The Hall–Kier alpha value is 1.35. The van der Waals surface area contributed by atoms with Gasteiger partial charge < -0.3 is 29.4 Å². The molecule has 0 fully saturated rings. The SMILES string of the molecule is CC#N.O=P(O)(O)O.O=P(O)(O)O.[KH]. The number of hydrogen-bond acceptors (Lipinski definition) is 3. The summed E-state index contributed by atoms with van der Waals surface area (Å²) in [5, 5.41) is 7.32. The number of phosphoric acid groups is 2. The minimum absolute atomic E-state index is 0. The van der Waals surface area contributed by atoms with Crippen LogP contribution < -0.4 is 0 Å². The van der Waals surface area contributed by atoms with Gasteiger partial charge in [-0.15, -0.1) is 0 Å². The van der Waals surface area contributed by atoms with Crippen molar-refractivity contribution in [1.29, 1.82) is 5.26 Å². The van der Waals surface area contributed by atoms with Gasteiger partial charge in [-0.05, 0) is 0 Å². The van der Waals surface area contributed by atoms with Crippen molar-refractivity contribution in [3.63, 3.8) is 0 Å². The Morgan fingerprint density at radius 2 is 0.929 bits per heavy atom. The Balaban J connectivity index is -0.0000000535. The second-order valence-electron chi connectivity index (χ2n) is 1.25. The summed E-state index contributed by atoms with van der Waals surface area (Å²) in [5.41, 5.74) is 0. The van der Waals surface area contributed by atoms with E-state index in [4.69, 9.17) is 43.8 Å². The van der Waals surface area contributed by atoms with Crippen molar-refractivity contribution in [2.45, 2.75) is 6.92 Å². The fourth-order valence-electron chi connectivity index (χ4n) is 0. The molecule has 0 spiro atoms. The molecule has 0 radical (unpaired) electrons. The zero-order valence-corrected chi connectivity index (χ0v) is 8.13. The summed E-state index contributed by atoms with van der Waals surface area (Å²) < 4.78 is 17.8. The number of hydrogen-bond donors (Lipinski definition) is 6. The predicted molar refractivity (Wildman–Crippen MR) is 47.0 cm³/mol. The molecule has 0 aliphatic heterocycles. The van der Waals surface area contributed by atoms with Gasteiger partial charge >= 0.3 is 67.0 Å². The third kappa shape index (κ3) is 1120. The molecule has 0 atom stereocenters. The quantitative estimate of drug-likeness (QED) is 0.216. The molecule has 6 N–H and O–H groups in total. The van der Waals surface area contributed by atoms with Crippen LogP contribution in [0.1, 0.15) is 6.92 Å². The van der Waals surface area contributed by atoms with E-state index in [1.165, 1.54) is 6.92 Å². The molecule has 0 rings (SSSR count). The molecule has 0 aromatic carbocycles. The van der Waals surface area contributed by atoms with Crippen LogP contribution in [0.15, 0.2) is 0 Å². The van der Waals surface area contributed by atoms with Crippen molar-refractivity contribution < 1.29 is 38.5 Å². The van der Waals surface area contributed by atoms with Crippen LogP contribution in [0.2, 0.25) is 0 Å². The zero-order valence-electron chi connectivity index (χ0n) is 6.34. The van der Waals surface area contributed by atoms with Crippen molar-refractivity contribution in [3.8, 4) is 6.07 Å². The molecule has 14 heavy (non-hydrogen) atoms. The topological polar surface area (TPSA) is 179 Å². The molecule has 0 saturated heterocycles. The summed E-state index contributed by atoms with van der Waals surface area (Å²) in [4.78, 5) is 43.1. The summed E-state index contributed by atoms with van der Waals surface area (Å²) >= 11 is 0. The van der Waals surface area contributed by atoms with Gasteiger partial charge in [0.2, 0.25) is 0 Å². The molecule has 82 valence electrons. The second-order valence-corrected chi connectivity index (χ2v) is 3.30. The number of nitriles is 1. The van der Waals surface area contributed by atoms with Gasteiger partial charge in [0.15, 0.2) is 0 Å². The molecule has 0 bridgehead atoms. The molecule has 0 aromatic heterocycles. The van der Waals surface area contributed by atoms with Crippen LogP contribution in [-0.2, 0) is 9.13 Å². The summed E-state index contributed by atoms with van der Waals surface area (Å²) in [7, 11) is -9.28. The molecule has 12 heteroatoms. The third-order valence-electron chi connectivity index (χ3n) is 0. The maximum absolute atomic E-state index is 8.88. The Bertz CT molecular complexity index is 200. The first-order chi connectivity index (χ1) is 5.41. The van der Waals surface area contributed by atoms with Gasteiger partial charge in [0.05, 0.1) is 6.07 Å². The van der Waals surface area contributed by atoms with Crippen molar-refractivity contribution in [3.05, 3.63) is 0 Å². The zero-order chi connectivity index (χ0) is 11.7. The van der Waals surface area contributed by atoms with E-state index in [2.05, 4.69) is 0 Å². The second kappa shape index (κ2) is 12.4. The van der Waals surface area contributed by atoms with E-state index in [9.17, 15) is 0 Å². The molecule has 0 amide bonds. The summed E-state index contributed by atoms with van der Waals surface area (Å²) in [6.45, 7) is 1.43. The molecular formula is C2H10KNO8P2. The van der Waals surface area contributed by atoms with Gasteiger partial charge in [-0.1, -0.05) is 0 Å². The Kier molecular flexibility index (Phi) is 21.8. The third-order valence-corrected chi connectivity index (χ3v) is 0. The van der Waals surface area contributed by atoms with Crippen LogP contribution in [0.25, 0.3) is 0 Å². The first-order valence-electron chi connectivity index (χ1n) is 2.29. The van der Waals surface area contributed by atoms with Crippen LogP contribution in [-0.4, -0.2) is 80.7 Å². The molecule has 9 nitrogen and oxygen atoms in total. The Morgan fingerprint density at radius 1 is 0.929 bits per heavy atom. The van der Waals surface area contributed by atoms with Crippen LogP contribution in [0.5, 0.6) is 0 Å². The fraction of sp³-hybridized carbons (Fsp3) is 0.500. The Morgan fingerprint density at radius 3 is 0.929 bits per heavy atom. The average molecular weight is 277 g/mol. The molecule has 0 aliphatic carbocycles. The van der Waals surface area contributed by atoms with Crippen molar-refractivity contribution in [1.82, 2.24) is 0 Å². The molecule has 0 aromatic rings. The van der Waals surface area contributed by atoms with Gasteiger partial charge in [-0.2, -0.15) is 5.26 Å². The molecule has 0 aliphatic rings. The van der Waals surface area contributed by atoms with Gasteiger partial charge in [0.1, 0.15) is 0 Å².